The maximum atomic E-state index is 11.8. The van der Waals surface area contributed by atoms with E-state index in [0.717, 1.165) is 11.8 Å². The number of likely N-dealkylation sites (N-methyl/N-ethyl adjacent to an activating group) is 1. The molecule has 1 aliphatic heterocycles. The molecule has 1 saturated heterocycles. The van der Waals surface area contributed by atoms with Gasteiger partial charge < -0.3 is 4.90 Å². The van der Waals surface area contributed by atoms with Crippen molar-refractivity contribution < 1.29 is 9.59 Å². The van der Waals surface area contributed by atoms with Crippen LogP contribution >= 0.6 is 24.4 Å². The fourth-order valence-corrected chi connectivity index (χ4v) is 2.81. The molecule has 0 aliphatic carbocycles. The Morgan fingerprint density at radius 3 is 2.35 bits per heavy atom. The third kappa shape index (κ3) is 2.56. The summed E-state index contributed by atoms with van der Waals surface area (Å²) in [5.41, 5.74) is 1.53. The first-order valence-corrected chi connectivity index (χ1v) is 6.40. The molecular weight excluding hydrogens is 254 g/mol. The lowest BCUT2D eigenvalue weighted by Crippen LogP contribution is -2.23. The van der Waals surface area contributed by atoms with E-state index in [0.29, 0.717) is 10.5 Å². The Kier molecular flexibility index (Phi) is 3.59. The van der Waals surface area contributed by atoms with Gasteiger partial charge >= 0.3 is 0 Å². The van der Waals surface area contributed by atoms with Crippen LogP contribution in [-0.4, -0.2) is 28.8 Å². The van der Waals surface area contributed by atoms with Crippen molar-refractivity contribution in [1.29, 1.82) is 0 Å². The number of hydrogen-bond donors (Lipinski definition) is 1. The number of hydrogen-bond acceptors (Lipinski definition) is 4. The highest BCUT2D eigenvalue weighted by atomic mass is 32.2. The Bertz CT molecular complexity index is 482. The van der Waals surface area contributed by atoms with Gasteiger partial charge in [0.2, 0.25) is 0 Å². The predicted octanol–water partition coefficient (Wildman–Crippen LogP) is 2.26. The number of carbonyl (C=O) groups is 2. The zero-order valence-electron chi connectivity index (χ0n) is 9.16. The summed E-state index contributed by atoms with van der Waals surface area (Å²) in [6.07, 6.45) is 2.61. The highest BCUT2D eigenvalue weighted by molar-refractivity contribution is 8.14. The standard InChI is InChI=1S/C12H11NO2S2/c1-13-11(15)10(17-12(13)16)6-8-2-4-9(7-14)5-3-8/h2-7,12,16H,1H3/b10-6-. The summed E-state index contributed by atoms with van der Waals surface area (Å²) < 4.78 is -0.122. The molecule has 1 atom stereocenters. The molecule has 0 aromatic heterocycles. The molecule has 88 valence electrons. The smallest absolute Gasteiger partial charge is 0.261 e. The van der Waals surface area contributed by atoms with Gasteiger partial charge in [-0.25, -0.2) is 0 Å². The van der Waals surface area contributed by atoms with E-state index in [4.69, 9.17) is 0 Å². The number of benzene rings is 1. The van der Waals surface area contributed by atoms with Crippen LogP contribution in [0.25, 0.3) is 6.08 Å². The summed E-state index contributed by atoms with van der Waals surface area (Å²) in [6.45, 7) is 0. The molecule has 1 aliphatic rings. The molecule has 1 heterocycles. The minimum atomic E-state index is -0.122. The molecule has 3 nitrogen and oxygen atoms in total. The van der Waals surface area contributed by atoms with Crippen LogP contribution in [0, 0.1) is 0 Å². The van der Waals surface area contributed by atoms with Crippen molar-refractivity contribution in [3.8, 4) is 0 Å². The van der Waals surface area contributed by atoms with E-state index in [1.807, 2.05) is 18.2 Å². The number of thioether (sulfide) groups is 1. The number of carbonyl (C=O) groups excluding carboxylic acids is 2. The van der Waals surface area contributed by atoms with Crippen molar-refractivity contribution in [2.45, 2.75) is 4.71 Å². The zero-order chi connectivity index (χ0) is 12.4. The number of rotatable bonds is 2. The zero-order valence-corrected chi connectivity index (χ0v) is 10.9. The molecule has 1 amide bonds. The van der Waals surface area contributed by atoms with Crippen LogP contribution in [0.2, 0.25) is 0 Å². The number of aldehydes is 1. The fraction of sp³-hybridized carbons (Fsp3) is 0.167. The summed E-state index contributed by atoms with van der Waals surface area (Å²) in [6, 6.07) is 7.09. The first-order valence-electron chi connectivity index (χ1n) is 5.00. The predicted molar refractivity (Wildman–Crippen MR) is 72.9 cm³/mol. The third-order valence-electron chi connectivity index (χ3n) is 2.47. The second-order valence-electron chi connectivity index (χ2n) is 3.65. The normalized spacial score (nSPS) is 22.2. The summed E-state index contributed by atoms with van der Waals surface area (Å²) >= 11 is 5.70. The van der Waals surface area contributed by atoms with Crippen molar-refractivity contribution in [2.24, 2.45) is 0 Å². The van der Waals surface area contributed by atoms with Crippen LogP contribution in [0.3, 0.4) is 0 Å². The lowest BCUT2D eigenvalue weighted by Gasteiger charge is -2.10. The Balaban J connectivity index is 2.24. The van der Waals surface area contributed by atoms with Crippen molar-refractivity contribution in [1.82, 2.24) is 4.90 Å². The van der Waals surface area contributed by atoms with Gasteiger partial charge in [-0.1, -0.05) is 36.0 Å². The van der Waals surface area contributed by atoms with Crippen LogP contribution in [0.4, 0.5) is 0 Å². The molecule has 0 radical (unpaired) electrons. The second-order valence-corrected chi connectivity index (χ2v) is 5.61. The van der Waals surface area contributed by atoms with Gasteiger partial charge in [0.05, 0.1) is 4.91 Å². The average Bonchev–Trinajstić information content (AvgIpc) is 2.58. The molecule has 0 saturated carbocycles. The number of thiol groups is 1. The van der Waals surface area contributed by atoms with Crippen molar-refractivity contribution >= 4 is 42.7 Å². The highest BCUT2D eigenvalue weighted by Crippen LogP contribution is 2.36. The average molecular weight is 265 g/mol. The molecule has 1 aromatic rings. The van der Waals surface area contributed by atoms with E-state index in [2.05, 4.69) is 12.6 Å². The lowest BCUT2D eigenvalue weighted by molar-refractivity contribution is -0.123. The monoisotopic (exact) mass is 265 g/mol. The van der Waals surface area contributed by atoms with Crippen LogP contribution in [0.1, 0.15) is 15.9 Å². The first-order chi connectivity index (χ1) is 8.11. The van der Waals surface area contributed by atoms with Gasteiger partial charge in [-0.15, -0.1) is 12.6 Å². The van der Waals surface area contributed by atoms with E-state index in [1.165, 1.54) is 11.8 Å². The molecule has 0 N–H and O–H groups in total. The molecular formula is C12H11NO2S2. The Hall–Kier alpha value is -1.20. The minimum absolute atomic E-state index is 0.0190. The molecule has 1 fully saturated rings. The summed E-state index contributed by atoms with van der Waals surface area (Å²) in [5.74, 6) is -0.0190. The molecule has 17 heavy (non-hydrogen) atoms. The summed E-state index contributed by atoms with van der Waals surface area (Å²) in [4.78, 5) is 24.5. The van der Waals surface area contributed by atoms with Gasteiger partial charge in [0.25, 0.3) is 5.91 Å². The highest BCUT2D eigenvalue weighted by Gasteiger charge is 2.30. The van der Waals surface area contributed by atoms with E-state index >= 15 is 0 Å². The van der Waals surface area contributed by atoms with Crippen molar-refractivity contribution in [3.63, 3.8) is 0 Å². The Morgan fingerprint density at radius 1 is 1.29 bits per heavy atom. The van der Waals surface area contributed by atoms with Crippen LogP contribution in [-0.2, 0) is 4.79 Å². The number of nitrogens with zero attached hydrogens (tertiary/aromatic N) is 1. The van der Waals surface area contributed by atoms with E-state index < -0.39 is 0 Å². The lowest BCUT2D eigenvalue weighted by atomic mass is 10.1. The van der Waals surface area contributed by atoms with Gasteiger partial charge in [0.15, 0.2) is 0 Å². The first kappa shape index (κ1) is 12.3. The topological polar surface area (TPSA) is 37.4 Å². The summed E-state index contributed by atoms with van der Waals surface area (Å²) in [7, 11) is 1.73. The van der Waals surface area contributed by atoms with Gasteiger partial charge in [-0.2, -0.15) is 0 Å². The maximum absolute atomic E-state index is 11.8. The molecule has 1 unspecified atom stereocenters. The maximum Gasteiger partial charge on any atom is 0.261 e. The van der Waals surface area contributed by atoms with Crippen molar-refractivity contribution in [2.75, 3.05) is 7.05 Å². The van der Waals surface area contributed by atoms with Gasteiger partial charge in [-0.05, 0) is 11.6 Å². The number of amides is 1. The van der Waals surface area contributed by atoms with E-state index in [9.17, 15) is 9.59 Å². The van der Waals surface area contributed by atoms with Crippen LogP contribution in [0.5, 0.6) is 0 Å². The minimum Gasteiger partial charge on any atom is -0.320 e. The van der Waals surface area contributed by atoms with Crippen LogP contribution < -0.4 is 0 Å². The SMILES string of the molecule is CN1C(=O)/C(=C/c2ccc(C=O)cc2)SC1S. The largest absolute Gasteiger partial charge is 0.320 e. The Labute approximate surface area is 109 Å². The van der Waals surface area contributed by atoms with Gasteiger partial charge in [-0.3, -0.25) is 9.59 Å². The van der Waals surface area contributed by atoms with Gasteiger partial charge in [0, 0.05) is 12.6 Å². The Morgan fingerprint density at radius 2 is 1.88 bits per heavy atom. The third-order valence-corrected chi connectivity index (χ3v) is 4.20. The molecule has 2 rings (SSSR count). The van der Waals surface area contributed by atoms with Crippen molar-refractivity contribution in [3.05, 3.63) is 40.3 Å². The van der Waals surface area contributed by atoms with Crippen LogP contribution in [0.15, 0.2) is 29.2 Å². The van der Waals surface area contributed by atoms with E-state index in [1.54, 1.807) is 24.1 Å². The summed E-state index contributed by atoms with van der Waals surface area (Å²) in [5, 5.41) is 0. The second kappa shape index (κ2) is 4.98. The van der Waals surface area contributed by atoms with Gasteiger partial charge in [0.1, 0.15) is 11.0 Å². The van der Waals surface area contributed by atoms with E-state index in [-0.39, 0.29) is 10.6 Å². The molecule has 5 heteroatoms. The quantitative estimate of drug-likeness (QED) is 0.506. The fourth-order valence-electron chi connectivity index (χ4n) is 1.44. The molecule has 1 aromatic carbocycles. The molecule has 0 spiro atoms. The molecule has 0 bridgehead atoms.